The molecule has 174 valence electrons. The molecular weight excluding hydrogens is 423 g/mol. The highest BCUT2D eigenvalue weighted by Gasteiger charge is 2.32. The number of nitrogens with one attached hydrogen (secondary N) is 1. The summed E-state index contributed by atoms with van der Waals surface area (Å²) in [5, 5.41) is 15.2. The van der Waals surface area contributed by atoms with Crippen molar-refractivity contribution in [2.75, 3.05) is 4.90 Å². The summed E-state index contributed by atoms with van der Waals surface area (Å²) >= 11 is 0. The summed E-state index contributed by atoms with van der Waals surface area (Å²) in [5.41, 5.74) is 1.68. The van der Waals surface area contributed by atoms with Crippen LogP contribution in [0.1, 0.15) is 39.7 Å². The molecule has 2 amide bonds. The molecule has 1 aromatic heterocycles. The molecule has 8 nitrogen and oxygen atoms in total. The molecule has 33 heavy (non-hydrogen) atoms. The minimum Gasteiger partial charge on any atom is -0.350 e. The average molecular weight is 453 g/mol. The number of carbonyl (C=O) groups is 2. The number of halogens is 1. The van der Waals surface area contributed by atoms with Gasteiger partial charge in [-0.15, -0.1) is 10.2 Å². The zero-order valence-electron chi connectivity index (χ0n) is 19.5. The van der Waals surface area contributed by atoms with Crippen LogP contribution in [0.4, 0.5) is 10.1 Å². The molecule has 0 unspecified atom stereocenters. The summed E-state index contributed by atoms with van der Waals surface area (Å²) in [5.74, 6) is -0.895. The fourth-order valence-electron chi connectivity index (χ4n) is 3.39. The molecule has 9 heteroatoms. The number of hydrogen-bond acceptors (Lipinski definition) is 5. The van der Waals surface area contributed by atoms with Crippen molar-refractivity contribution in [1.82, 2.24) is 25.5 Å². The second kappa shape index (κ2) is 9.89. The third-order valence-electron chi connectivity index (χ3n) is 4.89. The second-order valence-electron chi connectivity index (χ2n) is 8.92. The van der Waals surface area contributed by atoms with Gasteiger partial charge < -0.3 is 5.32 Å². The van der Waals surface area contributed by atoms with Crippen molar-refractivity contribution in [2.45, 2.75) is 59.2 Å². The van der Waals surface area contributed by atoms with Gasteiger partial charge in [-0.1, -0.05) is 42.8 Å². The number of amides is 2. The zero-order valence-corrected chi connectivity index (χ0v) is 19.5. The summed E-state index contributed by atoms with van der Waals surface area (Å²) in [7, 11) is 0. The van der Waals surface area contributed by atoms with Gasteiger partial charge in [-0.3, -0.25) is 14.5 Å². The van der Waals surface area contributed by atoms with Crippen molar-refractivity contribution in [2.24, 2.45) is 0 Å². The predicted octanol–water partition coefficient (Wildman–Crippen LogP) is 3.51. The number of anilines is 1. The quantitative estimate of drug-likeness (QED) is 0.592. The van der Waals surface area contributed by atoms with Gasteiger partial charge in [-0.05, 0) is 57.5 Å². The molecule has 0 spiro atoms. The first-order valence-electron chi connectivity index (χ1n) is 10.8. The standard InChI is InChI=1S/C24H29FN6O2/c1-6-20(23(33)26-24(3,4)5)31(19-9-7-8-18(25)14-19)21(32)15-30-28-22(27-29-30)17-12-10-16(2)11-13-17/h7-14,20H,6,15H2,1-5H3,(H,26,33)/t20-/m0/s1. The van der Waals surface area contributed by atoms with Crippen molar-refractivity contribution >= 4 is 17.5 Å². The fraction of sp³-hybridized carbons (Fsp3) is 0.375. The Kier molecular flexibility index (Phi) is 7.20. The van der Waals surface area contributed by atoms with Crippen LogP contribution in [0.3, 0.4) is 0 Å². The minimum atomic E-state index is -0.835. The van der Waals surface area contributed by atoms with E-state index in [-0.39, 0.29) is 18.1 Å². The van der Waals surface area contributed by atoms with Crippen LogP contribution in [0.15, 0.2) is 48.5 Å². The predicted molar refractivity (Wildman–Crippen MR) is 124 cm³/mol. The van der Waals surface area contributed by atoms with E-state index in [0.29, 0.717) is 12.2 Å². The molecule has 2 aromatic carbocycles. The Morgan fingerprint density at radius 1 is 1.15 bits per heavy atom. The minimum absolute atomic E-state index is 0.255. The van der Waals surface area contributed by atoms with Gasteiger partial charge in [0.05, 0.1) is 0 Å². The Hall–Kier alpha value is -3.62. The smallest absolute Gasteiger partial charge is 0.251 e. The van der Waals surface area contributed by atoms with E-state index < -0.39 is 23.3 Å². The maximum atomic E-state index is 14.0. The first-order chi connectivity index (χ1) is 15.6. The number of aromatic nitrogens is 4. The zero-order chi connectivity index (χ0) is 24.2. The lowest BCUT2D eigenvalue weighted by atomic mass is 10.1. The molecule has 0 saturated carbocycles. The van der Waals surface area contributed by atoms with E-state index in [0.717, 1.165) is 11.1 Å². The number of tetrazole rings is 1. The maximum absolute atomic E-state index is 14.0. The molecule has 0 fully saturated rings. The summed E-state index contributed by atoms with van der Waals surface area (Å²) in [4.78, 5) is 28.9. The number of aryl methyl sites for hydroxylation is 1. The van der Waals surface area contributed by atoms with E-state index in [1.165, 1.54) is 27.9 Å². The van der Waals surface area contributed by atoms with Crippen LogP contribution >= 0.6 is 0 Å². The monoisotopic (exact) mass is 452 g/mol. The number of benzene rings is 2. The van der Waals surface area contributed by atoms with Crippen LogP contribution in [-0.2, 0) is 16.1 Å². The van der Waals surface area contributed by atoms with Crippen LogP contribution in [0.5, 0.6) is 0 Å². The van der Waals surface area contributed by atoms with Gasteiger partial charge in [0.1, 0.15) is 18.4 Å². The van der Waals surface area contributed by atoms with E-state index >= 15 is 0 Å². The normalized spacial score (nSPS) is 12.3. The van der Waals surface area contributed by atoms with E-state index in [1.807, 2.05) is 52.0 Å². The van der Waals surface area contributed by atoms with Crippen LogP contribution in [0.25, 0.3) is 11.4 Å². The number of hydrogen-bond donors (Lipinski definition) is 1. The fourth-order valence-corrected chi connectivity index (χ4v) is 3.39. The lowest BCUT2D eigenvalue weighted by Gasteiger charge is -2.32. The number of rotatable bonds is 7. The van der Waals surface area contributed by atoms with Gasteiger partial charge in [0.2, 0.25) is 11.7 Å². The van der Waals surface area contributed by atoms with E-state index in [1.54, 1.807) is 13.0 Å². The van der Waals surface area contributed by atoms with Crippen LogP contribution in [0.2, 0.25) is 0 Å². The van der Waals surface area contributed by atoms with Crippen molar-refractivity contribution in [3.05, 3.63) is 59.9 Å². The highest BCUT2D eigenvalue weighted by atomic mass is 19.1. The van der Waals surface area contributed by atoms with Crippen molar-refractivity contribution < 1.29 is 14.0 Å². The summed E-state index contributed by atoms with van der Waals surface area (Å²) in [6.07, 6.45) is 0.337. The van der Waals surface area contributed by atoms with E-state index in [2.05, 4.69) is 20.7 Å². The van der Waals surface area contributed by atoms with E-state index in [4.69, 9.17) is 0 Å². The molecule has 0 aliphatic carbocycles. The summed E-state index contributed by atoms with van der Waals surface area (Å²) in [6.45, 7) is 9.10. The molecule has 0 aliphatic rings. The molecule has 1 heterocycles. The average Bonchev–Trinajstić information content (AvgIpc) is 3.19. The summed E-state index contributed by atoms with van der Waals surface area (Å²) in [6, 6.07) is 12.4. The Morgan fingerprint density at radius 2 is 1.85 bits per heavy atom. The molecule has 0 bridgehead atoms. The molecule has 3 rings (SSSR count). The van der Waals surface area contributed by atoms with Gasteiger partial charge in [-0.2, -0.15) is 4.80 Å². The Balaban J connectivity index is 1.89. The highest BCUT2D eigenvalue weighted by Crippen LogP contribution is 2.22. The van der Waals surface area contributed by atoms with E-state index in [9.17, 15) is 14.0 Å². The maximum Gasteiger partial charge on any atom is 0.251 e. The van der Waals surface area contributed by atoms with Crippen LogP contribution in [0, 0.1) is 12.7 Å². The Morgan fingerprint density at radius 3 is 2.45 bits per heavy atom. The van der Waals surface area contributed by atoms with Gasteiger partial charge in [-0.25, -0.2) is 4.39 Å². The second-order valence-corrected chi connectivity index (χ2v) is 8.92. The lowest BCUT2D eigenvalue weighted by molar-refractivity contribution is -0.128. The largest absolute Gasteiger partial charge is 0.350 e. The third kappa shape index (κ3) is 6.21. The Bertz CT molecular complexity index is 1120. The lowest BCUT2D eigenvalue weighted by Crippen LogP contribution is -2.54. The van der Waals surface area contributed by atoms with Crippen LogP contribution in [-0.4, -0.2) is 43.6 Å². The molecular formula is C24H29FN6O2. The SMILES string of the molecule is CC[C@@H](C(=O)NC(C)(C)C)N(C(=O)Cn1nnc(-c2ccc(C)cc2)n1)c1cccc(F)c1. The van der Waals surface area contributed by atoms with Gasteiger partial charge in [0, 0.05) is 16.8 Å². The highest BCUT2D eigenvalue weighted by molar-refractivity contribution is 6.00. The van der Waals surface area contributed by atoms with Crippen molar-refractivity contribution in [3.63, 3.8) is 0 Å². The van der Waals surface area contributed by atoms with Crippen molar-refractivity contribution in [1.29, 1.82) is 0 Å². The van der Waals surface area contributed by atoms with Crippen molar-refractivity contribution in [3.8, 4) is 11.4 Å². The number of nitrogens with zero attached hydrogens (tertiary/aromatic N) is 5. The molecule has 1 atom stereocenters. The van der Waals surface area contributed by atoms with Gasteiger partial charge >= 0.3 is 0 Å². The van der Waals surface area contributed by atoms with Gasteiger partial charge in [0.25, 0.3) is 5.91 Å². The van der Waals surface area contributed by atoms with Crippen LogP contribution < -0.4 is 10.2 Å². The Labute approximate surface area is 192 Å². The molecule has 3 aromatic rings. The molecule has 1 N–H and O–H groups in total. The molecule has 0 radical (unpaired) electrons. The number of carbonyl (C=O) groups excluding carboxylic acids is 2. The molecule has 0 aliphatic heterocycles. The molecule has 0 saturated heterocycles. The topological polar surface area (TPSA) is 93.0 Å². The summed E-state index contributed by atoms with van der Waals surface area (Å²) < 4.78 is 14.0. The first kappa shape index (κ1) is 24.0. The third-order valence-corrected chi connectivity index (χ3v) is 4.89. The first-order valence-corrected chi connectivity index (χ1v) is 10.8. The van der Waals surface area contributed by atoms with Gasteiger partial charge in [0.15, 0.2) is 0 Å².